The summed E-state index contributed by atoms with van der Waals surface area (Å²) in [7, 11) is 0. The molecule has 1 unspecified atom stereocenters. The lowest BCUT2D eigenvalue weighted by atomic mass is 9.80. The van der Waals surface area contributed by atoms with Crippen LogP contribution in [0.3, 0.4) is 0 Å². The predicted molar refractivity (Wildman–Crippen MR) is 105 cm³/mol. The lowest BCUT2D eigenvalue weighted by Crippen LogP contribution is -2.48. The molecule has 0 spiro atoms. The fourth-order valence-electron chi connectivity index (χ4n) is 4.22. The Labute approximate surface area is 173 Å². The summed E-state index contributed by atoms with van der Waals surface area (Å²) in [6.45, 7) is 4.32. The van der Waals surface area contributed by atoms with Gasteiger partial charge in [-0.25, -0.2) is 13.8 Å². The van der Waals surface area contributed by atoms with Gasteiger partial charge < -0.3 is 14.6 Å². The number of nitrogens with one attached hydrogen (secondary N) is 1. The van der Waals surface area contributed by atoms with Gasteiger partial charge in [0.25, 0.3) is 0 Å². The van der Waals surface area contributed by atoms with Crippen molar-refractivity contribution < 1.29 is 22.8 Å². The third-order valence-electron chi connectivity index (χ3n) is 5.93. The summed E-state index contributed by atoms with van der Waals surface area (Å²) in [6.07, 6.45) is 1.13. The minimum atomic E-state index is -2.74. The number of rotatable bonds is 5. The molecular formula is C22H25F2N3O3. The van der Waals surface area contributed by atoms with Gasteiger partial charge in [0.15, 0.2) is 6.39 Å². The van der Waals surface area contributed by atoms with E-state index >= 15 is 0 Å². The van der Waals surface area contributed by atoms with Crippen LogP contribution in [0, 0.1) is 18.8 Å². The Bertz CT molecular complexity index is 951. The van der Waals surface area contributed by atoms with Crippen molar-refractivity contribution in [3.63, 3.8) is 0 Å². The Morgan fingerprint density at radius 2 is 2.13 bits per heavy atom. The Morgan fingerprint density at radius 1 is 1.37 bits per heavy atom. The Hall–Kier alpha value is -2.77. The van der Waals surface area contributed by atoms with Gasteiger partial charge in [0.05, 0.1) is 5.92 Å². The van der Waals surface area contributed by atoms with Crippen LogP contribution in [0.25, 0.3) is 0 Å². The highest BCUT2D eigenvalue weighted by Crippen LogP contribution is 2.42. The lowest BCUT2D eigenvalue weighted by molar-refractivity contribution is -0.150. The van der Waals surface area contributed by atoms with Gasteiger partial charge in [0, 0.05) is 38.3 Å². The molecule has 1 saturated carbocycles. The van der Waals surface area contributed by atoms with Crippen LogP contribution in [-0.2, 0) is 16.0 Å². The molecule has 6 nitrogen and oxygen atoms in total. The monoisotopic (exact) mass is 417 g/mol. The van der Waals surface area contributed by atoms with Crippen molar-refractivity contribution >= 4 is 11.8 Å². The topological polar surface area (TPSA) is 75.4 Å². The van der Waals surface area contributed by atoms with Crippen LogP contribution in [0.1, 0.15) is 48.4 Å². The molecule has 1 fully saturated rings. The van der Waals surface area contributed by atoms with Crippen molar-refractivity contribution in [2.75, 3.05) is 13.1 Å². The molecule has 30 heavy (non-hydrogen) atoms. The minimum absolute atomic E-state index is 0.114. The maximum atomic E-state index is 13.3. The second-order valence-electron chi connectivity index (χ2n) is 8.37. The van der Waals surface area contributed by atoms with Gasteiger partial charge in [-0.05, 0) is 12.5 Å². The zero-order valence-corrected chi connectivity index (χ0v) is 17.0. The SMILES string of the molecule is Cc1cccc(C2c3ncoc3CCN2C(=O)[C@@H](C)CNC(=O)C2CC(F)(F)C2)c1. The Kier molecular flexibility index (Phi) is 5.34. The highest BCUT2D eigenvalue weighted by atomic mass is 19.3. The second-order valence-corrected chi connectivity index (χ2v) is 8.37. The molecule has 4 rings (SSSR count). The van der Waals surface area contributed by atoms with Crippen molar-refractivity contribution in [3.8, 4) is 0 Å². The molecular weight excluding hydrogens is 392 g/mol. The predicted octanol–water partition coefficient (Wildman–Crippen LogP) is 3.25. The van der Waals surface area contributed by atoms with E-state index in [1.807, 2.05) is 31.2 Å². The van der Waals surface area contributed by atoms with E-state index in [4.69, 9.17) is 4.42 Å². The van der Waals surface area contributed by atoms with E-state index in [1.54, 1.807) is 11.8 Å². The van der Waals surface area contributed by atoms with Crippen molar-refractivity contribution in [3.05, 3.63) is 53.2 Å². The lowest BCUT2D eigenvalue weighted by Gasteiger charge is -2.37. The number of amides is 2. The molecule has 1 aromatic heterocycles. The molecule has 1 aliphatic carbocycles. The number of carbonyl (C=O) groups is 2. The van der Waals surface area contributed by atoms with Crippen molar-refractivity contribution in [1.29, 1.82) is 0 Å². The van der Waals surface area contributed by atoms with Crippen molar-refractivity contribution in [2.45, 2.75) is 45.1 Å². The maximum Gasteiger partial charge on any atom is 0.249 e. The van der Waals surface area contributed by atoms with Crippen LogP contribution in [-0.4, -0.2) is 40.7 Å². The van der Waals surface area contributed by atoms with E-state index in [0.29, 0.717) is 13.0 Å². The normalized spacial score (nSPS) is 21.5. The molecule has 0 bridgehead atoms. The van der Waals surface area contributed by atoms with Gasteiger partial charge >= 0.3 is 0 Å². The largest absolute Gasteiger partial charge is 0.448 e. The van der Waals surface area contributed by atoms with Crippen LogP contribution < -0.4 is 5.32 Å². The van der Waals surface area contributed by atoms with Crippen LogP contribution in [0.5, 0.6) is 0 Å². The molecule has 1 N–H and O–H groups in total. The Balaban J connectivity index is 1.47. The molecule has 2 atom stereocenters. The Morgan fingerprint density at radius 3 is 2.83 bits per heavy atom. The first-order chi connectivity index (χ1) is 14.2. The number of carbonyl (C=O) groups excluding carboxylic acids is 2. The summed E-state index contributed by atoms with van der Waals surface area (Å²) in [5, 5.41) is 2.67. The summed E-state index contributed by atoms with van der Waals surface area (Å²) in [5.41, 5.74) is 2.76. The summed E-state index contributed by atoms with van der Waals surface area (Å²) in [4.78, 5) is 31.5. The molecule has 0 radical (unpaired) electrons. The fraction of sp³-hybridized carbons (Fsp3) is 0.500. The molecule has 8 heteroatoms. The first-order valence-corrected chi connectivity index (χ1v) is 10.2. The van der Waals surface area contributed by atoms with Gasteiger partial charge in [-0.1, -0.05) is 36.8 Å². The van der Waals surface area contributed by atoms with Crippen molar-refractivity contribution in [1.82, 2.24) is 15.2 Å². The van der Waals surface area contributed by atoms with E-state index in [9.17, 15) is 18.4 Å². The van der Waals surface area contributed by atoms with Crippen LogP contribution in [0.4, 0.5) is 8.78 Å². The first-order valence-electron chi connectivity index (χ1n) is 10.2. The van der Waals surface area contributed by atoms with Gasteiger partial charge in [0.1, 0.15) is 17.5 Å². The zero-order chi connectivity index (χ0) is 21.5. The number of hydrogen-bond donors (Lipinski definition) is 1. The first kappa shape index (κ1) is 20.5. The number of oxazole rings is 1. The number of aromatic nitrogens is 1. The van der Waals surface area contributed by atoms with Crippen molar-refractivity contribution in [2.24, 2.45) is 11.8 Å². The van der Waals surface area contributed by atoms with Crippen LogP contribution in [0.15, 0.2) is 35.1 Å². The zero-order valence-electron chi connectivity index (χ0n) is 17.0. The number of halogens is 2. The van der Waals surface area contributed by atoms with Gasteiger partial charge in [-0.3, -0.25) is 9.59 Å². The van der Waals surface area contributed by atoms with Gasteiger partial charge in [0.2, 0.25) is 17.7 Å². The number of aryl methyl sites for hydroxylation is 1. The molecule has 2 heterocycles. The van der Waals surface area contributed by atoms with Crippen LogP contribution >= 0.6 is 0 Å². The van der Waals surface area contributed by atoms with Gasteiger partial charge in [-0.2, -0.15) is 0 Å². The van der Waals surface area contributed by atoms with E-state index in [1.165, 1.54) is 6.39 Å². The summed E-state index contributed by atoms with van der Waals surface area (Å²) in [6, 6.07) is 7.57. The maximum absolute atomic E-state index is 13.3. The summed E-state index contributed by atoms with van der Waals surface area (Å²) in [5.74, 6) is -3.65. The molecule has 160 valence electrons. The fourth-order valence-corrected chi connectivity index (χ4v) is 4.22. The molecule has 1 aliphatic heterocycles. The van der Waals surface area contributed by atoms with E-state index in [0.717, 1.165) is 22.6 Å². The highest BCUT2D eigenvalue weighted by molar-refractivity contribution is 5.83. The molecule has 2 aliphatic rings. The quantitative estimate of drug-likeness (QED) is 0.810. The summed E-state index contributed by atoms with van der Waals surface area (Å²) < 4.78 is 31.5. The average molecular weight is 417 g/mol. The molecule has 1 aromatic carbocycles. The average Bonchev–Trinajstić information content (AvgIpc) is 3.17. The van der Waals surface area contributed by atoms with E-state index in [2.05, 4.69) is 10.3 Å². The molecule has 2 aromatic rings. The number of fused-ring (bicyclic) bond motifs is 1. The minimum Gasteiger partial charge on any atom is -0.448 e. The molecule has 2 amide bonds. The number of alkyl halides is 2. The number of hydrogen-bond acceptors (Lipinski definition) is 4. The van der Waals surface area contributed by atoms with Crippen LogP contribution in [0.2, 0.25) is 0 Å². The molecule has 0 saturated heterocycles. The number of nitrogens with zero attached hydrogens (tertiary/aromatic N) is 2. The number of benzene rings is 1. The summed E-state index contributed by atoms with van der Waals surface area (Å²) >= 11 is 0. The highest BCUT2D eigenvalue weighted by Gasteiger charge is 2.48. The smallest absolute Gasteiger partial charge is 0.249 e. The van der Waals surface area contributed by atoms with Gasteiger partial charge in [-0.15, -0.1) is 0 Å². The standard InChI is InChI=1S/C22H25F2N3O3/c1-13-4-3-5-15(8-13)19-18-17(30-12-26-18)6-7-27(19)21(29)14(2)11-25-20(28)16-9-22(23,24)10-16/h3-5,8,12,14,16,19H,6-7,9-11H2,1-2H3,(H,25,28)/t14-,19?/m0/s1. The third-order valence-corrected chi connectivity index (χ3v) is 5.93. The van der Waals surface area contributed by atoms with E-state index in [-0.39, 0.29) is 18.5 Å². The second kappa shape index (κ2) is 7.81. The third kappa shape index (κ3) is 3.95. The van der Waals surface area contributed by atoms with E-state index < -0.39 is 36.5 Å².